The van der Waals surface area contributed by atoms with Crippen molar-refractivity contribution in [1.82, 2.24) is 19.4 Å². The zero-order valence-electron chi connectivity index (χ0n) is 17.7. The second kappa shape index (κ2) is 7.96. The lowest BCUT2D eigenvalue weighted by Gasteiger charge is -2.36. The van der Waals surface area contributed by atoms with Gasteiger partial charge in [-0.15, -0.1) is 0 Å². The Morgan fingerprint density at radius 3 is 2.55 bits per heavy atom. The van der Waals surface area contributed by atoms with E-state index in [4.69, 9.17) is 0 Å². The normalized spacial score (nSPS) is 19.6. The molecule has 1 saturated heterocycles. The highest BCUT2D eigenvalue weighted by molar-refractivity contribution is 5.80. The number of benzene rings is 2. The van der Waals surface area contributed by atoms with E-state index >= 15 is 0 Å². The van der Waals surface area contributed by atoms with Crippen molar-refractivity contribution in [1.29, 1.82) is 0 Å². The lowest BCUT2D eigenvalue weighted by Crippen LogP contribution is -2.39. The molecule has 0 radical (unpaired) electrons. The molecule has 2 aromatic carbocycles. The molecule has 1 aromatic heterocycles. The van der Waals surface area contributed by atoms with Crippen LogP contribution >= 0.6 is 0 Å². The predicted molar refractivity (Wildman–Crippen MR) is 118 cm³/mol. The van der Waals surface area contributed by atoms with Crippen molar-refractivity contribution in [2.24, 2.45) is 0 Å². The number of likely N-dealkylation sites (N-methyl/N-ethyl adjacent to an activating group) is 1. The van der Waals surface area contributed by atoms with Crippen molar-refractivity contribution >= 4 is 16.9 Å². The van der Waals surface area contributed by atoms with Gasteiger partial charge in [-0.25, -0.2) is 9.18 Å². The second-order valence-corrected chi connectivity index (χ2v) is 8.53. The number of nitrogens with zero attached hydrogens (tertiary/aromatic N) is 3. The fourth-order valence-corrected chi connectivity index (χ4v) is 5.38. The van der Waals surface area contributed by atoms with Crippen LogP contribution in [0.1, 0.15) is 42.5 Å². The van der Waals surface area contributed by atoms with Crippen molar-refractivity contribution in [2.75, 3.05) is 20.1 Å². The molecular formula is C24H27FN4O2. The number of aromatic nitrogens is 2. The second-order valence-electron chi connectivity index (χ2n) is 8.53. The summed E-state index contributed by atoms with van der Waals surface area (Å²) in [5, 5.41) is 2.60. The van der Waals surface area contributed by atoms with Crippen LogP contribution in [0.4, 0.5) is 4.39 Å². The number of imidazole rings is 1. The molecular weight excluding hydrogens is 395 g/mol. The summed E-state index contributed by atoms with van der Waals surface area (Å²) in [5.74, 6) is -0.280. The molecule has 0 spiro atoms. The number of nitrogens with one attached hydrogen (secondary N) is 1. The molecule has 7 heteroatoms. The highest BCUT2D eigenvalue weighted by Gasteiger charge is 2.33. The number of hydrogen-bond donors (Lipinski definition) is 1. The Balaban J connectivity index is 1.40. The predicted octanol–water partition coefficient (Wildman–Crippen LogP) is 3.01. The lowest BCUT2D eigenvalue weighted by molar-refractivity contribution is -0.121. The maximum Gasteiger partial charge on any atom is 0.329 e. The third-order valence-corrected chi connectivity index (χ3v) is 6.94. The summed E-state index contributed by atoms with van der Waals surface area (Å²) in [5.41, 5.74) is 3.53. The number of amides is 1. The van der Waals surface area contributed by atoms with Crippen molar-refractivity contribution in [2.45, 2.75) is 44.3 Å². The fourth-order valence-electron chi connectivity index (χ4n) is 5.38. The summed E-state index contributed by atoms with van der Waals surface area (Å²) in [6, 6.07) is 13.4. The van der Waals surface area contributed by atoms with Gasteiger partial charge in [0.25, 0.3) is 0 Å². The summed E-state index contributed by atoms with van der Waals surface area (Å²) >= 11 is 0. The fraction of sp³-hybridized carbons (Fsp3) is 0.417. The van der Waals surface area contributed by atoms with E-state index in [9.17, 15) is 14.0 Å². The van der Waals surface area contributed by atoms with Gasteiger partial charge in [-0.3, -0.25) is 18.8 Å². The van der Waals surface area contributed by atoms with Crippen molar-refractivity contribution in [3.63, 3.8) is 0 Å². The lowest BCUT2D eigenvalue weighted by atomic mass is 10.00. The zero-order chi connectivity index (χ0) is 21.5. The number of carbonyl (C=O) groups is 1. The van der Waals surface area contributed by atoms with Gasteiger partial charge >= 0.3 is 5.69 Å². The number of piperidine rings is 1. The number of carbonyl (C=O) groups excluding carboxylic acids is 1. The van der Waals surface area contributed by atoms with Crippen LogP contribution in [-0.2, 0) is 17.8 Å². The number of likely N-dealkylation sites (tertiary alicyclic amines) is 1. The average molecular weight is 423 g/mol. The van der Waals surface area contributed by atoms with E-state index in [1.807, 2.05) is 28.8 Å². The van der Waals surface area contributed by atoms with Crippen LogP contribution in [0.3, 0.4) is 0 Å². The van der Waals surface area contributed by atoms with Gasteiger partial charge in [0.2, 0.25) is 5.91 Å². The maximum absolute atomic E-state index is 14.1. The van der Waals surface area contributed by atoms with Crippen molar-refractivity contribution < 1.29 is 9.18 Å². The molecule has 6 nitrogen and oxygen atoms in total. The third kappa shape index (κ3) is 3.37. The number of rotatable bonds is 4. The molecule has 1 unspecified atom stereocenters. The summed E-state index contributed by atoms with van der Waals surface area (Å²) in [7, 11) is 1.58. The van der Waals surface area contributed by atoms with E-state index in [2.05, 4.69) is 16.3 Å². The van der Waals surface area contributed by atoms with Gasteiger partial charge in [0.05, 0.1) is 11.0 Å². The Hall–Kier alpha value is -2.93. The highest BCUT2D eigenvalue weighted by Crippen LogP contribution is 2.39. The summed E-state index contributed by atoms with van der Waals surface area (Å²) in [4.78, 5) is 27.7. The van der Waals surface area contributed by atoms with Gasteiger partial charge in [-0.1, -0.05) is 24.3 Å². The number of fused-ring (bicyclic) bond motifs is 2. The first-order chi connectivity index (χ1) is 15.1. The first-order valence-corrected chi connectivity index (χ1v) is 11.0. The Bertz CT molecular complexity index is 1190. The third-order valence-electron chi connectivity index (χ3n) is 6.94. The molecule has 1 fully saturated rings. The molecule has 0 bridgehead atoms. The van der Waals surface area contributed by atoms with E-state index in [1.54, 1.807) is 23.7 Å². The quantitative estimate of drug-likeness (QED) is 0.703. The standard InChI is InChI=1S/C24H27FN4O2/c1-26-23(30)15-28-21-7-2-3-8-22(21)29(24(28)31)16-11-13-27(14-12-16)20-10-9-17-18(20)5-4-6-19(17)25/h2-8,16,20H,9-15H2,1H3,(H,26,30). The molecule has 2 heterocycles. The van der Waals surface area contributed by atoms with Crippen LogP contribution in [-0.4, -0.2) is 40.1 Å². The first-order valence-electron chi connectivity index (χ1n) is 11.0. The summed E-state index contributed by atoms with van der Waals surface area (Å²) in [6.45, 7) is 1.76. The molecule has 2 aliphatic rings. The average Bonchev–Trinajstić information content (AvgIpc) is 3.34. The van der Waals surface area contributed by atoms with Crippen molar-refractivity contribution in [3.05, 3.63) is 69.9 Å². The Kier molecular flexibility index (Phi) is 5.14. The van der Waals surface area contributed by atoms with Gasteiger partial charge < -0.3 is 5.32 Å². The van der Waals surface area contributed by atoms with Gasteiger partial charge in [-0.2, -0.15) is 0 Å². The Morgan fingerprint density at radius 1 is 1.06 bits per heavy atom. The molecule has 1 amide bonds. The molecule has 1 atom stereocenters. The van der Waals surface area contributed by atoms with E-state index in [1.165, 1.54) is 0 Å². The van der Waals surface area contributed by atoms with Crippen LogP contribution in [0.2, 0.25) is 0 Å². The molecule has 1 N–H and O–H groups in total. The van der Waals surface area contributed by atoms with Crippen LogP contribution in [0.25, 0.3) is 11.0 Å². The monoisotopic (exact) mass is 422 g/mol. The number of para-hydroxylation sites is 2. The van der Waals surface area contributed by atoms with Crippen molar-refractivity contribution in [3.8, 4) is 0 Å². The first kappa shape index (κ1) is 20.0. The summed E-state index contributed by atoms with van der Waals surface area (Å²) in [6.07, 6.45) is 3.45. The SMILES string of the molecule is CNC(=O)Cn1c(=O)n(C2CCN(C3CCc4c(F)cccc43)CC2)c2ccccc21. The topological polar surface area (TPSA) is 59.3 Å². The molecule has 3 aromatic rings. The Labute approximate surface area is 180 Å². The van der Waals surface area contributed by atoms with Gasteiger partial charge in [0, 0.05) is 32.2 Å². The minimum absolute atomic E-state index is 0.0200. The van der Waals surface area contributed by atoms with E-state index < -0.39 is 0 Å². The molecule has 1 aliphatic carbocycles. The van der Waals surface area contributed by atoms with Crippen LogP contribution < -0.4 is 11.0 Å². The molecule has 31 heavy (non-hydrogen) atoms. The smallest absolute Gasteiger partial charge is 0.329 e. The van der Waals surface area contributed by atoms with Crippen LogP contribution in [0.15, 0.2) is 47.3 Å². The largest absolute Gasteiger partial charge is 0.358 e. The van der Waals surface area contributed by atoms with E-state index in [0.717, 1.165) is 60.9 Å². The number of halogens is 1. The minimum Gasteiger partial charge on any atom is -0.358 e. The molecule has 0 saturated carbocycles. The Morgan fingerprint density at radius 2 is 1.81 bits per heavy atom. The molecule has 162 valence electrons. The molecule has 1 aliphatic heterocycles. The maximum atomic E-state index is 14.1. The van der Waals surface area contributed by atoms with Crippen LogP contribution in [0, 0.1) is 5.82 Å². The van der Waals surface area contributed by atoms with Gasteiger partial charge in [0.15, 0.2) is 0 Å². The minimum atomic E-state index is -0.188. The van der Waals surface area contributed by atoms with Crippen LogP contribution in [0.5, 0.6) is 0 Å². The zero-order valence-corrected chi connectivity index (χ0v) is 17.7. The van der Waals surface area contributed by atoms with Gasteiger partial charge in [0.1, 0.15) is 12.4 Å². The number of hydrogen-bond acceptors (Lipinski definition) is 3. The highest BCUT2D eigenvalue weighted by atomic mass is 19.1. The van der Waals surface area contributed by atoms with E-state index in [0.29, 0.717) is 0 Å². The van der Waals surface area contributed by atoms with Gasteiger partial charge in [-0.05, 0) is 55.0 Å². The summed E-state index contributed by atoms with van der Waals surface area (Å²) < 4.78 is 17.6. The van der Waals surface area contributed by atoms with E-state index in [-0.39, 0.29) is 36.0 Å². The molecule has 5 rings (SSSR count).